The minimum Gasteiger partial charge on any atom is -0.388 e. The van der Waals surface area contributed by atoms with Crippen molar-refractivity contribution in [3.8, 4) is 0 Å². The van der Waals surface area contributed by atoms with Crippen LogP contribution in [0.1, 0.15) is 78.6 Å². The van der Waals surface area contributed by atoms with Gasteiger partial charge in [0.05, 0.1) is 5.60 Å². The lowest BCUT2D eigenvalue weighted by Gasteiger charge is -2.28. The number of unbranched alkanes of at least 4 members (excludes halogenated alkanes) is 3. The quantitative estimate of drug-likeness (QED) is 0.157. The lowest BCUT2D eigenvalue weighted by molar-refractivity contribution is -0.118. The van der Waals surface area contributed by atoms with E-state index >= 15 is 0 Å². The Morgan fingerprint density at radius 3 is 1.77 bits per heavy atom. The van der Waals surface area contributed by atoms with E-state index in [2.05, 4.69) is 56.5 Å². The van der Waals surface area contributed by atoms with E-state index < -0.39 is 5.60 Å². The number of rotatable bonds is 17. The van der Waals surface area contributed by atoms with Gasteiger partial charge >= 0.3 is 0 Å². The van der Waals surface area contributed by atoms with Gasteiger partial charge in [0.1, 0.15) is 0 Å². The molecule has 0 aliphatic rings. The number of aliphatic hydroxyl groups is 1. The van der Waals surface area contributed by atoms with E-state index in [-0.39, 0.29) is 5.91 Å². The maximum absolute atomic E-state index is 12.0. The zero-order valence-electron chi connectivity index (χ0n) is 19.4. The Hall–Kier alpha value is -2.13. The zero-order chi connectivity index (χ0) is 22.3. The average Bonchev–Trinajstić information content (AvgIpc) is 2.75. The lowest BCUT2D eigenvalue weighted by Crippen LogP contribution is -2.42. The van der Waals surface area contributed by atoms with Gasteiger partial charge in [0, 0.05) is 12.6 Å². The molecule has 1 amide bonds. The van der Waals surface area contributed by atoms with Gasteiger partial charge < -0.3 is 10.4 Å². The third kappa shape index (κ3) is 17.9. The fourth-order valence-corrected chi connectivity index (χ4v) is 2.78. The van der Waals surface area contributed by atoms with Crippen molar-refractivity contribution >= 4 is 5.91 Å². The standard InChI is InChI=1S/C27H43NO2/c1-4-7-10-11-12-13-14-15-16-17-18-19-20-21-22-26(29)28-25-27(30,23-8-5-2)24-9-6-3/h7,10-14,17-22,30H,4-6,8-9,15-16,23-25H2,1-3H3,(H,28,29). The fourth-order valence-electron chi connectivity index (χ4n) is 2.78. The van der Waals surface area contributed by atoms with E-state index in [9.17, 15) is 9.90 Å². The molecule has 3 nitrogen and oxygen atoms in total. The molecule has 0 radical (unpaired) electrons. The molecule has 0 spiro atoms. The number of amides is 1. The minimum atomic E-state index is -0.787. The molecule has 0 saturated carbocycles. The monoisotopic (exact) mass is 413 g/mol. The molecule has 0 fully saturated rings. The largest absolute Gasteiger partial charge is 0.388 e. The summed E-state index contributed by atoms with van der Waals surface area (Å²) in [7, 11) is 0. The van der Waals surface area contributed by atoms with Crippen molar-refractivity contribution in [1.29, 1.82) is 0 Å². The lowest BCUT2D eigenvalue weighted by atomic mass is 9.91. The first kappa shape index (κ1) is 27.9. The van der Waals surface area contributed by atoms with E-state index in [0.717, 1.165) is 57.8 Å². The number of allylic oxidation sites excluding steroid dienone is 11. The Balaban J connectivity index is 4.11. The molecular formula is C27H43NO2. The molecule has 2 N–H and O–H groups in total. The highest BCUT2D eigenvalue weighted by Gasteiger charge is 2.25. The maximum atomic E-state index is 12.0. The van der Waals surface area contributed by atoms with Crippen LogP contribution in [-0.4, -0.2) is 23.2 Å². The molecule has 0 aromatic rings. The van der Waals surface area contributed by atoms with Crippen LogP contribution < -0.4 is 5.32 Å². The van der Waals surface area contributed by atoms with Crippen LogP contribution in [-0.2, 0) is 4.79 Å². The molecule has 0 bridgehead atoms. The molecular weight excluding hydrogens is 370 g/mol. The van der Waals surface area contributed by atoms with Crippen molar-refractivity contribution < 1.29 is 9.90 Å². The van der Waals surface area contributed by atoms with Gasteiger partial charge in [-0.2, -0.15) is 0 Å². The van der Waals surface area contributed by atoms with Crippen molar-refractivity contribution in [3.05, 3.63) is 72.9 Å². The first-order valence-corrected chi connectivity index (χ1v) is 11.6. The molecule has 0 aromatic heterocycles. The summed E-state index contributed by atoms with van der Waals surface area (Å²) in [5, 5.41) is 13.6. The minimum absolute atomic E-state index is 0.165. The van der Waals surface area contributed by atoms with Crippen LogP contribution in [0.15, 0.2) is 72.9 Å². The van der Waals surface area contributed by atoms with Crippen LogP contribution in [0.4, 0.5) is 0 Å². The van der Waals surface area contributed by atoms with Crippen molar-refractivity contribution in [3.63, 3.8) is 0 Å². The first-order chi connectivity index (χ1) is 14.6. The summed E-state index contributed by atoms with van der Waals surface area (Å²) in [5.41, 5.74) is -0.787. The van der Waals surface area contributed by atoms with Crippen LogP contribution in [0.25, 0.3) is 0 Å². The van der Waals surface area contributed by atoms with Gasteiger partial charge in [0.2, 0.25) is 5.91 Å². The van der Waals surface area contributed by atoms with Crippen molar-refractivity contribution in [2.24, 2.45) is 0 Å². The Morgan fingerprint density at radius 2 is 1.27 bits per heavy atom. The summed E-state index contributed by atoms with van der Waals surface area (Å²) in [6.07, 6.45) is 32.1. The molecule has 3 heteroatoms. The summed E-state index contributed by atoms with van der Waals surface area (Å²) in [4.78, 5) is 12.0. The molecule has 0 aliphatic heterocycles. The highest BCUT2D eigenvalue weighted by molar-refractivity contribution is 5.87. The van der Waals surface area contributed by atoms with E-state index in [0.29, 0.717) is 6.54 Å². The van der Waals surface area contributed by atoms with E-state index in [1.54, 1.807) is 6.08 Å². The van der Waals surface area contributed by atoms with Gasteiger partial charge in [-0.25, -0.2) is 0 Å². The molecule has 0 rings (SSSR count). The predicted molar refractivity (Wildman–Crippen MR) is 131 cm³/mol. The summed E-state index contributed by atoms with van der Waals surface area (Å²) in [5.74, 6) is -0.165. The van der Waals surface area contributed by atoms with Crippen LogP contribution in [0.2, 0.25) is 0 Å². The van der Waals surface area contributed by atoms with E-state index in [4.69, 9.17) is 0 Å². The molecule has 0 aromatic carbocycles. The molecule has 0 heterocycles. The van der Waals surface area contributed by atoms with E-state index in [1.165, 1.54) is 6.08 Å². The Bertz CT molecular complexity index is 586. The summed E-state index contributed by atoms with van der Waals surface area (Å²) >= 11 is 0. The van der Waals surface area contributed by atoms with Crippen LogP contribution >= 0.6 is 0 Å². The van der Waals surface area contributed by atoms with Gasteiger partial charge in [0.25, 0.3) is 0 Å². The van der Waals surface area contributed by atoms with Gasteiger partial charge in [-0.15, -0.1) is 0 Å². The zero-order valence-corrected chi connectivity index (χ0v) is 19.4. The first-order valence-electron chi connectivity index (χ1n) is 11.6. The summed E-state index contributed by atoms with van der Waals surface area (Å²) < 4.78 is 0. The van der Waals surface area contributed by atoms with Gasteiger partial charge in [-0.05, 0) is 32.1 Å². The van der Waals surface area contributed by atoms with Gasteiger partial charge in [-0.3, -0.25) is 4.79 Å². The third-order valence-corrected chi connectivity index (χ3v) is 4.64. The number of carbonyl (C=O) groups is 1. The molecule has 0 saturated heterocycles. The molecule has 0 unspecified atom stereocenters. The Morgan fingerprint density at radius 1 is 0.767 bits per heavy atom. The highest BCUT2D eigenvalue weighted by Crippen LogP contribution is 2.20. The number of hydrogen-bond acceptors (Lipinski definition) is 2. The molecule has 30 heavy (non-hydrogen) atoms. The second-order valence-electron chi connectivity index (χ2n) is 7.55. The average molecular weight is 414 g/mol. The van der Waals surface area contributed by atoms with E-state index in [1.807, 2.05) is 30.4 Å². The molecule has 0 aliphatic carbocycles. The van der Waals surface area contributed by atoms with Crippen molar-refractivity contribution in [2.45, 2.75) is 84.2 Å². The van der Waals surface area contributed by atoms with Crippen LogP contribution in [0, 0.1) is 0 Å². The van der Waals surface area contributed by atoms with Crippen LogP contribution in [0.3, 0.4) is 0 Å². The van der Waals surface area contributed by atoms with Crippen molar-refractivity contribution in [1.82, 2.24) is 5.32 Å². The van der Waals surface area contributed by atoms with Crippen LogP contribution in [0.5, 0.6) is 0 Å². The van der Waals surface area contributed by atoms with Crippen molar-refractivity contribution in [2.75, 3.05) is 6.54 Å². The highest BCUT2D eigenvalue weighted by atomic mass is 16.3. The molecule has 0 atom stereocenters. The topological polar surface area (TPSA) is 49.3 Å². The van der Waals surface area contributed by atoms with Gasteiger partial charge in [0.15, 0.2) is 0 Å². The smallest absolute Gasteiger partial charge is 0.244 e. The normalized spacial score (nSPS) is 13.3. The summed E-state index contributed by atoms with van der Waals surface area (Å²) in [6, 6.07) is 0. The SMILES string of the molecule is CCC=CC=CC=CCCC=CC=CC=CC(=O)NCC(O)(CCCC)CCCC. The summed E-state index contributed by atoms with van der Waals surface area (Å²) in [6.45, 7) is 6.67. The number of hydrogen-bond donors (Lipinski definition) is 2. The molecule has 168 valence electrons. The third-order valence-electron chi connectivity index (χ3n) is 4.64. The fraction of sp³-hybridized carbons (Fsp3) is 0.519. The second kappa shape index (κ2) is 20.2. The number of carbonyl (C=O) groups excluding carboxylic acids is 1. The number of nitrogens with one attached hydrogen (secondary N) is 1. The Kier molecular flexibility index (Phi) is 18.7. The predicted octanol–water partition coefficient (Wildman–Crippen LogP) is 6.74. The Labute approximate surface area is 185 Å². The maximum Gasteiger partial charge on any atom is 0.244 e. The second-order valence-corrected chi connectivity index (χ2v) is 7.55. The van der Waals surface area contributed by atoms with Gasteiger partial charge in [-0.1, -0.05) is 113 Å².